The Balaban J connectivity index is 1.83. The molecule has 21 heavy (non-hydrogen) atoms. The molecule has 3 unspecified atom stereocenters. The molecule has 0 radical (unpaired) electrons. The fraction of sp³-hybridized carbons (Fsp3) is 0.500. The summed E-state index contributed by atoms with van der Waals surface area (Å²) in [5.74, 6) is -0.677. The van der Waals surface area contributed by atoms with Gasteiger partial charge < -0.3 is 15.2 Å². The topological polar surface area (TPSA) is 75.6 Å². The average molecular weight is 291 g/mol. The van der Waals surface area contributed by atoms with E-state index in [1.165, 1.54) is 0 Å². The van der Waals surface area contributed by atoms with Gasteiger partial charge in [0.15, 0.2) is 6.10 Å². The van der Waals surface area contributed by atoms with Crippen molar-refractivity contribution in [3.05, 3.63) is 29.8 Å². The maximum atomic E-state index is 12.1. The molecular formula is C16H21NO4. The molecule has 1 aliphatic rings. The number of carbonyl (C=O) groups excluding carboxylic acids is 1. The largest absolute Gasteiger partial charge is 0.481 e. The van der Waals surface area contributed by atoms with Crippen molar-refractivity contribution in [2.24, 2.45) is 5.92 Å². The number of hydrogen-bond acceptors (Lipinski definition) is 3. The normalized spacial score (nSPS) is 22.6. The Morgan fingerprint density at radius 2 is 1.95 bits per heavy atom. The fourth-order valence-electron chi connectivity index (χ4n) is 2.53. The van der Waals surface area contributed by atoms with E-state index < -0.39 is 12.1 Å². The molecule has 3 atom stereocenters. The van der Waals surface area contributed by atoms with E-state index in [1.54, 1.807) is 6.92 Å². The van der Waals surface area contributed by atoms with Gasteiger partial charge in [0.1, 0.15) is 5.75 Å². The second-order valence-electron chi connectivity index (χ2n) is 5.63. The predicted molar refractivity (Wildman–Crippen MR) is 78.2 cm³/mol. The third-order valence-electron chi connectivity index (χ3n) is 3.83. The van der Waals surface area contributed by atoms with E-state index in [2.05, 4.69) is 5.32 Å². The average Bonchev–Trinajstić information content (AvgIpc) is 2.90. The molecule has 1 aromatic carbocycles. The highest BCUT2D eigenvalue weighted by atomic mass is 16.5. The Hall–Kier alpha value is -2.04. The zero-order valence-electron chi connectivity index (χ0n) is 12.3. The van der Waals surface area contributed by atoms with Crippen LogP contribution in [0.5, 0.6) is 5.75 Å². The first kappa shape index (κ1) is 15.4. The third kappa shape index (κ3) is 4.21. The van der Waals surface area contributed by atoms with Gasteiger partial charge >= 0.3 is 5.97 Å². The molecule has 114 valence electrons. The van der Waals surface area contributed by atoms with Crippen LogP contribution in [0.2, 0.25) is 0 Å². The predicted octanol–water partition coefficient (Wildman–Crippen LogP) is 2.13. The molecule has 2 N–H and O–H groups in total. The van der Waals surface area contributed by atoms with Gasteiger partial charge in [0.2, 0.25) is 0 Å². The number of aliphatic carboxylic acids is 1. The van der Waals surface area contributed by atoms with E-state index >= 15 is 0 Å². The van der Waals surface area contributed by atoms with E-state index in [-0.39, 0.29) is 17.9 Å². The van der Waals surface area contributed by atoms with Gasteiger partial charge in [0, 0.05) is 6.04 Å². The van der Waals surface area contributed by atoms with Crippen LogP contribution in [0.25, 0.3) is 0 Å². The van der Waals surface area contributed by atoms with Crippen molar-refractivity contribution in [2.75, 3.05) is 0 Å². The monoisotopic (exact) mass is 291 g/mol. The van der Waals surface area contributed by atoms with Crippen LogP contribution in [0.4, 0.5) is 0 Å². The smallest absolute Gasteiger partial charge is 0.306 e. The maximum Gasteiger partial charge on any atom is 0.306 e. The number of carboxylic acids is 1. The van der Waals surface area contributed by atoms with Crippen molar-refractivity contribution in [3.8, 4) is 5.75 Å². The zero-order chi connectivity index (χ0) is 15.4. The molecule has 0 heterocycles. The van der Waals surface area contributed by atoms with Crippen molar-refractivity contribution in [3.63, 3.8) is 0 Å². The molecule has 1 aliphatic carbocycles. The lowest BCUT2D eigenvalue weighted by Crippen LogP contribution is -2.41. The molecular weight excluding hydrogens is 270 g/mol. The number of hydrogen-bond donors (Lipinski definition) is 2. The van der Waals surface area contributed by atoms with Gasteiger partial charge in [0.05, 0.1) is 5.92 Å². The number of carboxylic acid groups (broad SMARTS) is 1. The fourth-order valence-corrected chi connectivity index (χ4v) is 2.53. The van der Waals surface area contributed by atoms with Crippen molar-refractivity contribution in [2.45, 2.75) is 45.3 Å². The second-order valence-corrected chi connectivity index (χ2v) is 5.63. The van der Waals surface area contributed by atoms with Gasteiger partial charge in [-0.2, -0.15) is 0 Å². The van der Waals surface area contributed by atoms with Gasteiger partial charge in [-0.1, -0.05) is 17.7 Å². The maximum absolute atomic E-state index is 12.1. The summed E-state index contributed by atoms with van der Waals surface area (Å²) < 4.78 is 5.59. The van der Waals surface area contributed by atoms with Crippen LogP contribution in [0.3, 0.4) is 0 Å². The molecule has 1 aromatic rings. The van der Waals surface area contributed by atoms with Crippen molar-refractivity contribution < 1.29 is 19.4 Å². The summed E-state index contributed by atoms with van der Waals surface area (Å²) >= 11 is 0. The summed E-state index contributed by atoms with van der Waals surface area (Å²) in [5.41, 5.74) is 1.13. The van der Waals surface area contributed by atoms with Gasteiger partial charge in [-0.15, -0.1) is 0 Å². The molecule has 5 heteroatoms. The highest BCUT2D eigenvalue weighted by molar-refractivity contribution is 5.81. The molecule has 5 nitrogen and oxygen atoms in total. The highest BCUT2D eigenvalue weighted by Crippen LogP contribution is 2.25. The number of nitrogens with one attached hydrogen (secondary N) is 1. The summed E-state index contributed by atoms with van der Waals surface area (Å²) in [4.78, 5) is 23.0. The van der Waals surface area contributed by atoms with Crippen LogP contribution >= 0.6 is 0 Å². The Kier molecular flexibility index (Phi) is 4.83. The van der Waals surface area contributed by atoms with Gasteiger partial charge in [-0.3, -0.25) is 9.59 Å². The van der Waals surface area contributed by atoms with E-state index in [1.807, 2.05) is 31.2 Å². The summed E-state index contributed by atoms with van der Waals surface area (Å²) in [6.07, 6.45) is 1.22. The van der Waals surface area contributed by atoms with E-state index in [0.29, 0.717) is 25.0 Å². The summed E-state index contributed by atoms with van der Waals surface area (Å²) in [5, 5.41) is 11.8. The molecule has 1 saturated carbocycles. The first-order chi connectivity index (χ1) is 9.95. The second kappa shape index (κ2) is 6.61. The number of rotatable bonds is 5. The van der Waals surface area contributed by atoms with Crippen molar-refractivity contribution in [1.82, 2.24) is 5.32 Å². The van der Waals surface area contributed by atoms with Gasteiger partial charge in [-0.05, 0) is 45.2 Å². The van der Waals surface area contributed by atoms with E-state index in [4.69, 9.17) is 9.84 Å². The summed E-state index contributed by atoms with van der Waals surface area (Å²) in [7, 11) is 0. The molecule has 2 rings (SSSR count). The Labute approximate surface area is 124 Å². The lowest BCUT2D eigenvalue weighted by Gasteiger charge is -2.18. The van der Waals surface area contributed by atoms with Crippen LogP contribution in [0, 0.1) is 12.8 Å². The minimum absolute atomic E-state index is 0.0670. The number of aryl methyl sites for hydroxylation is 1. The molecule has 0 bridgehead atoms. The summed E-state index contributed by atoms with van der Waals surface area (Å²) in [6.45, 7) is 3.68. The van der Waals surface area contributed by atoms with Crippen LogP contribution in [-0.4, -0.2) is 29.1 Å². The van der Waals surface area contributed by atoms with Gasteiger partial charge in [0.25, 0.3) is 5.91 Å². The number of amides is 1. The lowest BCUT2D eigenvalue weighted by atomic mass is 10.1. The number of ether oxygens (including phenoxy) is 1. The first-order valence-electron chi connectivity index (χ1n) is 7.22. The minimum atomic E-state index is -0.782. The molecule has 0 aliphatic heterocycles. The van der Waals surface area contributed by atoms with E-state index in [0.717, 1.165) is 5.56 Å². The Morgan fingerprint density at radius 3 is 2.52 bits per heavy atom. The third-order valence-corrected chi connectivity index (χ3v) is 3.83. The molecule has 0 saturated heterocycles. The summed E-state index contributed by atoms with van der Waals surface area (Å²) in [6, 6.07) is 7.44. The quantitative estimate of drug-likeness (QED) is 0.871. The van der Waals surface area contributed by atoms with Crippen LogP contribution in [-0.2, 0) is 9.59 Å². The Bertz CT molecular complexity index is 512. The highest BCUT2D eigenvalue weighted by Gasteiger charge is 2.31. The van der Waals surface area contributed by atoms with Crippen LogP contribution < -0.4 is 10.1 Å². The zero-order valence-corrected chi connectivity index (χ0v) is 12.3. The minimum Gasteiger partial charge on any atom is -0.481 e. The Morgan fingerprint density at radius 1 is 1.29 bits per heavy atom. The molecule has 0 spiro atoms. The molecule has 1 amide bonds. The van der Waals surface area contributed by atoms with Crippen molar-refractivity contribution >= 4 is 11.9 Å². The number of carbonyl (C=O) groups is 2. The SMILES string of the molecule is Cc1ccc(OC(C)C(=O)NC2CCC(C(=O)O)C2)cc1. The van der Waals surface area contributed by atoms with Crippen LogP contribution in [0.15, 0.2) is 24.3 Å². The van der Waals surface area contributed by atoms with Crippen LogP contribution in [0.1, 0.15) is 31.7 Å². The van der Waals surface area contributed by atoms with E-state index in [9.17, 15) is 9.59 Å². The standard InChI is InChI=1S/C16H21NO4/c1-10-3-7-14(8-4-10)21-11(2)15(18)17-13-6-5-12(9-13)16(19)20/h3-4,7-8,11-13H,5-6,9H2,1-2H3,(H,17,18)(H,19,20). The molecule has 1 fully saturated rings. The first-order valence-corrected chi connectivity index (χ1v) is 7.22. The van der Waals surface area contributed by atoms with Gasteiger partial charge in [-0.25, -0.2) is 0 Å². The van der Waals surface area contributed by atoms with Crippen molar-refractivity contribution in [1.29, 1.82) is 0 Å². The lowest BCUT2D eigenvalue weighted by molar-refractivity contribution is -0.141. The molecule has 0 aromatic heterocycles. The number of benzene rings is 1.